The number of hydrogen-bond acceptors (Lipinski definition) is 2. The van der Waals surface area contributed by atoms with Crippen LogP contribution in [0.2, 0.25) is 0 Å². The zero-order valence-corrected chi connectivity index (χ0v) is 11.5. The second-order valence-corrected chi connectivity index (χ2v) is 4.47. The van der Waals surface area contributed by atoms with Crippen LogP contribution in [0.15, 0.2) is 42.5 Å². The van der Waals surface area contributed by atoms with Crippen molar-refractivity contribution < 1.29 is 0 Å². The van der Waals surface area contributed by atoms with Gasteiger partial charge in [0.25, 0.3) is 0 Å². The van der Waals surface area contributed by atoms with Gasteiger partial charge in [0.15, 0.2) is 0 Å². The lowest BCUT2D eigenvalue weighted by molar-refractivity contribution is 0.975. The molecule has 18 heavy (non-hydrogen) atoms. The van der Waals surface area contributed by atoms with Crippen LogP contribution < -0.4 is 4.90 Å². The third-order valence-corrected chi connectivity index (χ3v) is 3.11. The van der Waals surface area contributed by atoms with Crippen molar-refractivity contribution in [2.75, 3.05) is 11.4 Å². The highest BCUT2D eigenvalue weighted by molar-refractivity contribution is 6.16. The average molecular weight is 261 g/mol. The van der Waals surface area contributed by atoms with Crippen molar-refractivity contribution in [3.63, 3.8) is 0 Å². The monoisotopic (exact) mass is 260 g/mol. The summed E-state index contributed by atoms with van der Waals surface area (Å²) in [5.74, 6) is 1.39. The molecule has 2 rings (SSSR count). The molecule has 0 atom stereocenters. The van der Waals surface area contributed by atoms with Gasteiger partial charge < -0.3 is 4.90 Å². The second-order valence-electron chi connectivity index (χ2n) is 4.20. The molecule has 0 saturated carbocycles. The van der Waals surface area contributed by atoms with E-state index in [1.807, 2.05) is 18.2 Å². The van der Waals surface area contributed by atoms with Crippen LogP contribution in [0.4, 0.5) is 11.5 Å². The highest BCUT2D eigenvalue weighted by Gasteiger charge is 2.08. The summed E-state index contributed by atoms with van der Waals surface area (Å²) in [4.78, 5) is 6.75. The molecule has 0 spiro atoms. The lowest BCUT2D eigenvalue weighted by Crippen LogP contribution is -2.17. The maximum atomic E-state index is 5.84. The average Bonchev–Trinajstić information content (AvgIpc) is 2.40. The van der Waals surface area contributed by atoms with Gasteiger partial charge in [0.05, 0.1) is 11.6 Å². The van der Waals surface area contributed by atoms with Gasteiger partial charge >= 0.3 is 0 Å². The first kappa shape index (κ1) is 12.9. The van der Waals surface area contributed by atoms with Gasteiger partial charge in [0.1, 0.15) is 5.82 Å². The first-order valence-corrected chi connectivity index (χ1v) is 6.64. The molecule has 0 aliphatic carbocycles. The van der Waals surface area contributed by atoms with Crippen molar-refractivity contribution in [2.45, 2.75) is 19.7 Å². The Morgan fingerprint density at radius 2 is 1.94 bits per heavy atom. The molecule has 0 fully saturated rings. The van der Waals surface area contributed by atoms with E-state index in [0.29, 0.717) is 5.88 Å². The van der Waals surface area contributed by atoms with Crippen LogP contribution in [-0.2, 0) is 5.88 Å². The van der Waals surface area contributed by atoms with Crippen molar-refractivity contribution >= 4 is 23.1 Å². The van der Waals surface area contributed by atoms with Crippen molar-refractivity contribution in [3.05, 3.63) is 53.7 Å². The normalized spacial score (nSPS) is 10.4. The summed E-state index contributed by atoms with van der Waals surface area (Å²) in [6.45, 7) is 5.10. The number of anilines is 2. The molecule has 0 unspecified atom stereocenters. The standard InChI is InChI=1S/C15H17ClN2/c1-3-18(14-8-4-6-12(2)10-14)15-9-5-7-13(11-16)17-15/h4-10H,3,11H2,1-2H3. The molecular formula is C15H17ClN2. The van der Waals surface area contributed by atoms with Crippen LogP contribution in [0, 0.1) is 6.92 Å². The molecule has 0 saturated heterocycles. The fraction of sp³-hybridized carbons (Fsp3) is 0.267. The number of nitrogens with zero attached hydrogens (tertiary/aromatic N) is 2. The SMILES string of the molecule is CCN(c1cccc(C)c1)c1cccc(CCl)n1. The number of halogens is 1. The summed E-state index contributed by atoms with van der Waals surface area (Å²) in [6, 6.07) is 14.4. The van der Waals surface area contributed by atoms with Crippen LogP contribution in [-0.4, -0.2) is 11.5 Å². The Morgan fingerprint density at radius 1 is 1.17 bits per heavy atom. The van der Waals surface area contributed by atoms with Crippen LogP contribution in [0.1, 0.15) is 18.2 Å². The predicted molar refractivity (Wildman–Crippen MR) is 77.7 cm³/mol. The summed E-state index contributed by atoms with van der Waals surface area (Å²) in [5.41, 5.74) is 3.32. The van der Waals surface area contributed by atoms with E-state index in [4.69, 9.17) is 11.6 Å². The van der Waals surface area contributed by atoms with Crippen LogP contribution in [0.3, 0.4) is 0 Å². The summed E-state index contributed by atoms with van der Waals surface area (Å²) in [6.07, 6.45) is 0. The summed E-state index contributed by atoms with van der Waals surface area (Å²) >= 11 is 5.84. The third kappa shape index (κ3) is 2.82. The second kappa shape index (κ2) is 5.87. The molecule has 0 aliphatic rings. The number of rotatable bonds is 4. The van der Waals surface area contributed by atoms with E-state index in [0.717, 1.165) is 23.7 Å². The molecule has 0 amide bonds. The molecule has 0 N–H and O–H groups in total. The van der Waals surface area contributed by atoms with E-state index in [9.17, 15) is 0 Å². The molecule has 0 bridgehead atoms. The van der Waals surface area contributed by atoms with E-state index < -0.39 is 0 Å². The number of hydrogen-bond donors (Lipinski definition) is 0. The Labute approximate surface area is 113 Å². The van der Waals surface area contributed by atoms with Crippen LogP contribution >= 0.6 is 11.6 Å². The smallest absolute Gasteiger partial charge is 0.133 e. The van der Waals surface area contributed by atoms with Gasteiger partial charge in [-0.3, -0.25) is 0 Å². The third-order valence-electron chi connectivity index (χ3n) is 2.84. The Balaban J connectivity index is 2.38. The minimum Gasteiger partial charge on any atom is -0.327 e. The molecule has 94 valence electrons. The van der Waals surface area contributed by atoms with E-state index in [1.54, 1.807) is 0 Å². The van der Waals surface area contributed by atoms with E-state index >= 15 is 0 Å². The number of alkyl halides is 1. The molecule has 0 radical (unpaired) electrons. The van der Waals surface area contributed by atoms with Gasteiger partial charge in [0.2, 0.25) is 0 Å². The van der Waals surface area contributed by atoms with E-state index in [-0.39, 0.29) is 0 Å². The predicted octanol–water partition coefficient (Wildman–Crippen LogP) is 4.29. The van der Waals surface area contributed by atoms with Crippen molar-refractivity contribution in [1.29, 1.82) is 0 Å². The van der Waals surface area contributed by atoms with Crippen molar-refractivity contribution in [2.24, 2.45) is 0 Å². The molecule has 0 aliphatic heterocycles. The Kier molecular flexibility index (Phi) is 4.21. The number of aryl methyl sites for hydroxylation is 1. The van der Waals surface area contributed by atoms with Gasteiger partial charge in [-0.05, 0) is 43.7 Å². The Morgan fingerprint density at radius 3 is 2.61 bits per heavy atom. The van der Waals surface area contributed by atoms with Gasteiger partial charge in [-0.25, -0.2) is 4.98 Å². The number of aromatic nitrogens is 1. The molecular weight excluding hydrogens is 244 g/mol. The minimum atomic E-state index is 0.444. The zero-order valence-electron chi connectivity index (χ0n) is 10.7. The van der Waals surface area contributed by atoms with Crippen LogP contribution in [0.25, 0.3) is 0 Å². The van der Waals surface area contributed by atoms with Crippen LogP contribution in [0.5, 0.6) is 0 Å². The Hall–Kier alpha value is -1.54. The molecule has 2 aromatic rings. The molecule has 3 heteroatoms. The topological polar surface area (TPSA) is 16.1 Å². The lowest BCUT2D eigenvalue weighted by atomic mass is 10.2. The minimum absolute atomic E-state index is 0.444. The number of benzene rings is 1. The molecule has 2 nitrogen and oxygen atoms in total. The van der Waals surface area contributed by atoms with E-state index in [2.05, 4.69) is 48.0 Å². The maximum Gasteiger partial charge on any atom is 0.133 e. The van der Waals surface area contributed by atoms with Crippen molar-refractivity contribution in [1.82, 2.24) is 4.98 Å². The van der Waals surface area contributed by atoms with Gasteiger partial charge in [-0.1, -0.05) is 18.2 Å². The van der Waals surface area contributed by atoms with Crippen molar-refractivity contribution in [3.8, 4) is 0 Å². The number of pyridine rings is 1. The largest absolute Gasteiger partial charge is 0.327 e. The highest BCUT2D eigenvalue weighted by atomic mass is 35.5. The maximum absolute atomic E-state index is 5.84. The van der Waals surface area contributed by atoms with Gasteiger partial charge in [-0.2, -0.15) is 0 Å². The summed E-state index contributed by atoms with van der Waals surface area (Å²) in [7, 11) is 0. The Bertz CT molecular complexity index is 525. The summed E-state index contributed by atoms with van der Waals surface area (Å²) in [5, 5.41) is 0. The quantitative estimate of drug-likeness (QED) is 0.763. The zero-order chi connectivity index (χ0) is 13.0. The van der Waals surface area contributed by atoms with E-state index in [1.165, 1.54) is 5.56 Å². The molecule has 1 aromatic heterocycles. The first-order valence-electron chi connectivity index (χ1n) is 6.10. The molecule has 1 heterocycles. The first-order chi connectivity index (χ1) is 8.74. The summed E-state index contributed by atoms with van der Waals surface area (Å²) < 4.78 is 0. The van der Waals surface area contributed by atoms with Gasteiger partial charge in [-0.15, -0.1) is 11.6 Å². The fourth-order valence-corrected chi connectivity index (χ4v) is 2.11. The lowest BCUT2D eigenvalue weighted by Gasteiger charge is -2.22. The van der Waals surface area contributed by atoms with Gasteiger partial charge in [0, 0.05) is 12.2 Å². The fourth-order valence-electron chi connectivity index (χ4n) is 1.96. The highest BCUT2D eigenvalue weighted by Crippen LogP contribution is 2.24. The molecule has 1 aromatic carbocycles.